The summed E-state index contributed by atoms with van der Waals surface area (Å²) in [5.74, 6) is -1.91. The van der Waals surface area contributed by atoms with Crippen LogP contribution in [-0.2, 0) is 21.8 Å². The molecule has 162 valence electrons. The molecule has 11 heteroatoms. The van der Waals surface area contributed by atoms with E-state index in [4.69, 9.17) is 8.46 Å². The Hall–Kier alpha value is -2.45. The van der Waals surface area contributed by atoms with Gasteiger partial charge in [0.2, 0.25) is 0 Å². The van der Waals surface area contributed by atoms with Gasteiger partial charge in [-0.2, -0.15) is 0 Å². The molecule has 0 aliphatic heterocycles. The Balaban J connectivity index is 2.99. The minimum absolute atomic E-state index is 0.0984. The van der Waals surface area contributed by atoms with Crippen LogP contribution in [0, 0.1) is 0 Å². The first-order valence-electron chi connectivity index (χ1n) is 8.92. The van der Waals surface area contributed by atoms with Gasteiger partial charge in [0.05, 0.1) is 0 Å². The van der Waals surface area contributed by atoms with Gasteiger partial charge >= 0.3 is 172 Å². The van der Waals surface area contributed by atoms with Crippen LogP contribution in [0.3, 0.4) is 0 Å². The molecular weight excluding hydrogens is 447 g/mol. The fourth-order valence-corrected chi connectivity index (χ4v) is 4.38. The third-order valence-corrected chi connectivity index (χ3v) is 6.23. The third kappa shape index (κ3) is 8.21. The van der Waals surface area contributed by atoms with E-state index in [2.05, 4.69) is 10.6 Å². The van der Waals surface area contributed by atoms with Gasteiger partial charge in [-0.15, -0.1) is 0 Å². The molecule has 29 heavy (non-hydrogen) atoms. The number of carbonyl (C=O) groups is 3. The Morgan fingerprint density at radius 1 is 1.24 bits per heavy atom. The number of phenols is 1. The summed E-state index contributed by atoms with van der Waals surface area (Å²) in [5.41, 5.74) is -0.883. The van der Waals surface area contributed by atoms with Crippen LogP contribution in [0.2, 0.25) is 0 Å². The second-order valence-electron chi connectivity index (χ2n) is 7.30. The number of ether oxygens (including phenoxy) is 1. The molecule has 1 aromatic carbocycles. The van der Waals surface area contributed by atoms with Crippen molar-refractivity contribution in [1.82, 2.24) is 5.32 Å². The van der Waals surface area contributed by atoms with Crippen molar-refractivity contribution in [3.05, 3.63) is 18.2 Å². The van der Waals surface area contributed by atoms with Gasteiger partial charge in [0.15, 0.2) is 0 Å². The predicted molar refractivity (Wildman–Crippen MR) is 105 cm³/mol. The van der Waals surface area contributed by atoms with Crippen molar-refractivity contribution in [2.75, 3.05) is 5.32 Å². The summed E-state index contributed by atoms with van der Waals surface area (Å²) in [5, 5.41) is 14.4. The average Bonchev–Trinajstić information content (AvgIpc) is 2.53. The van der Waals surface area contributed by atoms with E-state index in [1.54, 1.807) is 27.7 Å². The van der Waals surface area contributed by atoms with Crippen LogP contribution in [0.15, 0.2) is 18.2 Å². The zero-order chi connectivity index (χ0) is 22.4. The molecule has 2 amide bonds. The molecule has 0 bridgehead atoms. The molecule has 1 aromatic rings. The molecule has 0 aromatic heterocycles. The molecule has 0 radical (unpaired) electrons. The zero-order valence-corrected chi connectivity index (χ0v) is 18.9. The third-order valence-electron chi connectivity index (χ3n) is 3.38. The first-order valence-corrected chi connectivity index (χ1v) is 12.2. The van der Waals surface area contributed by atoms with E-state index in [9.17, 15) is 27.3 Å². The van der Waals surface area contributed by atoms with E-state index in [1.807, 2.05) is 0 Å². The Morgan fingerprint density at radius 3 is 2.38 bits per heavy atom. The average molecular weight is 474 g/mol. The quantitative estimate of drug-likeness (QED) is 0.340. The number of hydrogen-bond acceptors (Lipinski definition) is 7. The standard InChI is InChI=1S/C18H27AsN2O8/c1-6-7-13(21-17(25)28-18(3,4)5)16(24)29-19(26,27)12-8-9-15(23)14(10-12)20-11(2)22/h8-10,13,23H,6-7H2,1-5H3,(H,20,22)(H,21,25)(H,26,27)/t13-/m0/s1. The zero-order valence-electron chi connectivity index (χ0n) is 17.0. The van der Waals surface area contributed by atoms with Crippen molar-refractivity contribution in [2.45, 2.75) is 59.1 Å². The first-order chi connectivity index (χ1) is 13.2. The van der Waals surface area contributed by atoms with E-state index < -0.39 is 43.8 Å². The number of nitrogens with one attached hydrogen (secondary N) is 2. The van der Waals surface area contributed by atoms with Crippen LogP contribution < -0.4 is 15.0 Å². The summed E-state index contributed by atoms with van der Waals surface area (Å²) in [7, 11) is 0. The van der Waals surface area contributed by atoms with E-state index >= 15 is 0 Å². The molecule has 0 aliphatic rings. The fraction of sp³-hybridized carbons (Fsp3) is 0.500. The van der Waals surface area contributed by atoms with Gasteiger partial charge < -0.3 is 0 Å². The first kappa shape index (κ1) is 24.6. The normalized spacial score (nSPS) is 14.3. The Morgan fingerprint density at radius 2 is 1.86 bits per heavy atom. The molecule has 0 heterocycles. The van der Waals surface area contributed by atoms with Crippen LogP contribution in [-0.4, -0.2) is 53.0 Å². The van der Waals surface area contributed by atoms with Gasteiger partial charge in [0, 0.05) is 0 Å². The molecule has 0 fully saturated rings. The fourth-order valence-electron chi connectivity index (χ4n) is 2.22. The summed E-state index contributed by atoms with van der Waals surface area (Å²) in [6.07, 6.45) is -0.199. The number of carbonyl (C=O) groups excluding carboxylic acids is 3. The van der Waals surface area contributed by atoms with Gasteiger partial charge in [0.25, 0.3) is 0 Å². The number of rotatable bonds is 7. The van der Waals surface area contributed by atoms with Crippen molar-refractivity contribution in [2.24, 2.45) is 0 Å². The molecule has 10 nitrogen and oxygen atoms in total. The maximum atomic E-state index is 12.6. The van der Waals surface area contributed by atoms with Crippen LogP contribution in [0.5, 0.6) is 5.75 Å². The monoisotopic (exact) mass is 474 g/mol. The van der Waals surface area contributed by atoms with E-state index in [-0.39, 0.29) is 22.2 Å². The van der Waals surface area contributed by atoms with Gasteiger partial charge in [-0.25, -0.2) is 0 Å². The maximum absolute atomic E-state index is 12.6. The van der Waals surface area contributed by atoms with Crippen LogP contribution in [0.25, 0.3) is 0 Å². The molecule has 0 saturated carbocycles. The Kier molecular flexibility index (Phi) is 8.35. The number of alkyl carbamates (subject to hydrolysis) is 1. The predicted octanol–water partition coefficient (Wildman–Crippen LogP) is 1.16. The second kappa shape index (κ2) is 9.84. The van der Waals surface area contributed by atoms with E-state index in [0.29, 0.717) is 6.42 Å². The van der Waals surface area contributed by atoms with Gasteiger partial charge in [0.1, 0.15) is 0 Å². The van der Waals surface area contributed by atoms with Crippen molar-refractivity contribution in [1.29, 1.82) is 0 Å². The second-order valence-corrected chi connectivity index (χ2v) is 11.0. The number of phenolic OH excluding ortho intramolecular Hbond substituents is 1. The summed E-state index contributed by atoms with van der Waals surface area (Å²) in [6, 6.07) is 2.09. The number of aromatic hydroxyl groups is 1. The number of amides is 2. The molecule has 1 rings (SSSR count). The summed E-state index contributed by atoms with van der Waals surface area (Å²) >= 11 is -5.39. The SMILES string of the molecule is CCC[C@H](NC(=O)OC(C)(C)C)C(=O)O[As](=O)(O)c1ccc(O)c(NC(C)=O)c1. The molecule has 2 atom stereocenters. The summed E-state index contributed by atoms with van der Waals surface area (Å²) in [4.78, 5) is 35.5. The van der Waals surface area contributed by atoms with Crippen LogP contribution in [0.4, 0.5) is 10.5 Å². The van der Waals surface area contributed by atoms with Crippen LogP contribution >= 0.6 is 0 Å². The molecule has 0 spiro atoms. The van der Waals surface area contributed by atoms with Crippen molar-refractivity contribution in [3.8, 4) is 5.75 Å². The van der Waals surface area contributed by atoms with Gasteiger partial charge in [-0.05, 0) is 0 Å². The van der Waals surface area contributed by atoms with Crippen LogP contribution in [0.1, 0.15) is 47.5 Å². The molecule has 0 aliphatic carbocycles. The minimum atomic E-state index is -5.39. The summed E-state index contributed by atoms with van der Waals surface area (Å²) in [6.45, 7) is 7.93. The van der Waals surface area contributed by atoms with E-state index in [1.165, 1.54) is 6.92 Å². The molecule has 4 N–H and O–H groups in total. The number of anilines is 1. The van der Waals surface area contributed by atoms with Gasteiger partial charge in [-0.1, -0.05) is 0 Å². The summed E-state index contributed by atoms with van der Waals surface area (Å²) < 4.78 is 32.6. The van der Waals surface area contributed by atoms with Crippen molar-refractivity contribution in [3.63, 3.8) is 0 Å². The number of hydrogen-bond donors (Lipinski definition) is 4. The topological polar surface area (TPSA) is 151 Å². The Labute approximate surface area is 172 Å². The van der Waals surface area contributed by atoms with Crippen molar-refractivity contribution < 1.29 is 35.8 Å². The number of benzene rings is 1. The van der Waals surface area contributed by atoms with E-state index in [0.717, 1.165) is 18.2 Å². The Bertz CT molecular complexity index is 819. The van der Waals surface area contributed by atoms with Crippen molar-refractivity contribution >= 4 is 42.2 Å². The van der Waals surface area contributed by atoms with Gasteiger partial charge in [-0.3, -0.25) is 0 Å². The molecule has 1 unspecified atom stereocenters. The molecular formula is C18H27AsN2O8. The molecule has 0 saturated heterocycles.